The van der Waals surface area contributed by atoms with Gasteiger partial charge in [-0.2, -0.15) is 0 Å². The Hall–Kier alpha value is -2.74. The number of nitrogens with one attached hydrogen (secondary N) is 1. The molecule has 0 saturated carbocycles. The van der Waals surface area contributed by atoms with E-state index in [-0.39, 0.29) is 17.2 Å². The van der Waals surface area contributed by atoms with Crippen LogP contribution in [0.5, 0.6) is 0 Å². The third-order valence-electron chi connectivity index (χ3n) is 7.70. The molecule has 0 bridgehead atoms. The second kappa shape index (κ2) is 12.0. The van der Waals surface area contributed by atoms with Crippen LogP contribution >= 0.6 is 0 Å². The first-order valence-electron chi connectivity index (χ1n) is 13.6. The van der Waals surface area contributed by atoms with E-state index in [0.29, 0.717) is 12.0 Å². The van der Waals surface area contributed by atoms with Gasteiger partial charge in [0.2, 0.25) is 5.91 Å². The number of benzene rings is 2. The molecule has 1 N–H and O–H groups in total. The number of piperazine rings is 1. The average Bonchev–Trinajstić information content (AvgIpc) is 2.85. The molecule has 1 amide bonds. The number of anilines is 1. The summed E-state index contributed by atoms with van der Waals surface area (Å²) in [6, 6.07) is 13.2. The molecule has 4 rings (SSSR count). The second-order valence-corrected chi connectivity index (χ2v) is 13.1. The second-order valence-electron chi connectivity index (χ2n) is 11.1. The van der Waals surface area contributed by atoms with Crippen molar-refractivity contribution in [3.8, 4) is 0 Å². The zero-order chi connectivity index (χ0) is 27.4. The number of hydrogen-bond acceptors (Lipinski definition) is 5. The summed E-state index contributed by atoms with van der Waals surface area (Å²) >= 11 is 0. The lowest BCUT2D eigenvalue weighted by atomic mass is 9.83. The zero-order valence-electron chi connectivity index (χ0n) is 23.3. The fourth-order valence-electron chi connectivity index (χ4n) is 5.45. The smallest absolute Gasteiger partial charge is 0.228 e. The molecule has 1 fully saturated rings. The van der Waals surface area contributed by atoms with E-state index in [1.165, 1.54) is 23.0 Å². The molecule has 1 unspecified atom stereocenters. The minimum Gasteiger partial charge on any atom is -0.326 e. The molecule has 1 heterocycles. The normalized spacial score (nSPS) is 19.3. The van der Waals surface area contributed by atoms with E-state index in [1.54, 1.807) is 24.3 Å². The number of sulfone groups is 1. The van der Waals surface area contributed by atoms with E-state index in [0.717, 1.165) is 56.0 Å². The Morgan fingerprint density at radius 1 is 1.03 bits per heavy atom. The van der Waals surface area contributed by atoms with Crippen LogP contribution in [0.15, 0.2) is 65.1 Å². The SMILES string of the molecule is Cc1cc(NC(=O)Cc2ccc(S(C)(=O)=O)cc2)ccc1C1=CC=C(CN2CCN(C(C)C)CC2)CC1C. The maximum absolute atomic E-state index is 12.6. The monoisotopic (exact) mass is 535 g/mol. The van der Waals surface area contributed by atoms with E-state index >= 15 is 0 Å². The van der Waals surface area contributed by atoms with Gasteiger partial charge in [-0.3, -0.25) is 14.6 Å². The largest absolute Gasteiger partial charge is 0.326 e. The van der Waals surface area contributed by atoms with E-state index < -0.39 is 9.84 Å². The topological polar surface area (TPSA) is 69.7 Å². The molecule has 0 aromatic heterocycles. The van der Waals surface area contributed by atoms with E-state index in [9.17, 15) is 13.2 Å². The Morgan fingerprint density at radius 2 is 1.71 bits per heavy atom. The van der Waals surface area contributed by atoms with Crippen molar-refractivity contribution in [2.75, 3.05) is 44.3 Å². The average molecular weight is 536 g/mol. The van der Waals surface area contributed by atoms with Gasteiger partial charge in [0, 0.05) is 50.7 Å². The van der Waals surface area contributed by atoms with Gasteiger partial charge in [0.15, 0.2) is 9.84 Å². The third kappa shape index (κ3) is 7.22. The summed E-state index contributed by atoms with van der Waals surface area (Å²) in [4.78, 5) is 18.0. The minimum absolute atomic E-state index is 0.128. The Bertz CT molecular complexity index is 1320. The molecule has 7 heteroatoms. The number of nitrogens with zero attached hydrogens (tertiary/aromatic N) is 2. The highest BCUT2D eigenvalue weighted by atomic mass is 32.2. The van der Waals surface area contributed by atoms with Crippen molar-refractivity contribution < 1.29 is 13.2 Å². The van der Waals surface area contributed by atoms with Gasteiger partial charge in [-0.05, 0) is 79.6 Å². The summed E-state index contributed by atoms with van der Waals surface area (Å²) < 4.78 is 23.3. The fourth-order valence-corrected chi connectivity index (χ4v) is 6.08. The van der Waals surface area contributed by atoms with Crippen LogP contribution in [-0.4, -0.2) is 69.1 Å². The van der Waals surface area contributed by atoms with Crippen molar-refractivity contribution in [3.05, 3.63) is 76.9 Å². The van der Waals surface area contributed by atoms with Crippen molar-refractivity contribution >= 4 is 27.0 Å². The van der Waals surface area contributed by atoms with E-state index in [1.807, 2.05) is 12.1 Å². The highest BCUT2D eigenvalue weighted by molar-refractivity contribution is 7.90. The maximum Gasteiger partial charge on any atom is 0.228 e. The molecule has 2 aromatic carbocycles. The third-order valence-corrected chi connectivity index (χ3v) is 8.83. The molecular formula is C31H41N3O3S. The van der Waals surface area contributed by atoms with E-state index in [2.05, 4.69) is 61.0 Å². The lowest BCUT2D eigenvalue weighted by Crippen LogP contribution is -2.49. The Kier molecular flexibility index (Phi) is 8.91. The first-order chi connectivity index (χ1) is 18.0. The molecule has 6 nitrogen and oxygen atoms in total. The molecule has 2 aliphatic rings. The highest BCUT2D eigenvalue weighted by Crippen LogP contribution is 2.35. The molecule has 2 aromatic rings. The number of rotatable bonds is 8. The van der Waals surface area contributed by atoms with Gasteiger partial charge in [-0.1, -0.05) is 42.8 Å². The predicted octanol–water partition coefficient (Wildman–Crippen LogP) is 4.96. The van der Waals surface area contributed by atoms with Crippen molar-refractivity contribution in [1.82, 2.24) is 9.80 Å². The number of aryl methyl sites for hydroxylation is 1. The predicted molar refractivity (Wildman–Crippen MR) is 156 cm³/mol. The Balaban J connectivity index is 1.36. The summed E-state index contributed by atoms with van der Waals surface area (Å²) in [5.74, 6) is 0.317. The van der Waals surface area contributed by atoms with Crippen LogP contribution in [0.4, 0.5) is 5.69 Å². The fraction of sp³-hybridized carbons (Fsp3) is 0.452. The molecule has 1 aliphatic carbocycles. The molecule has 1 saturated heterocycles. The summed E-state index contributed by atoms with van der Waals surface area (Å²) in [5, 5.41) is 2.98. The van der Waals surface area contributed by atoms with Gasteiger partial charge in [-0.15, -0.1) is 0 Å². The summed E-state index contributed by atoms with van der Waals surface area (Å²) in [5.41, 5.74) is 6.76. The summed E-state index contributed by atoms with van der Waals surface area (Å²) in [6.07, 6.45) is 7.04. The zero-order valence-corrected chi connectivity index (χ0v) is 24.1. The minimum atomic E-state index is -3.25. The number of carbonyl (C=O) groups is 1. The number of carbonyl (C=O) groups excluding carboxylic acids is 1. The Morgan fingerprint density at radius 3 is 2.29 bits per heavy atom. The van der Waals surface area contributed by atoms with Crippen LogP contribution < -0.4 is 5.32 Å². The first-order valence-corrected chi connectivity index (χ1v) is 15.4. The molecular weight excluding hydrogens is 494 g/mol. The number of amides is 1. The van der Waals surface area contributed by atoms with E-state index in [4.69, 9.17) is 0 Å². The molecule has 0 radical (unpaired) electrons. The molecule has 38 heavy (non-hydrogen) atoms. The lowest BCUT2D eigenvalue weighted by molar-refractivity contribution is -0.115. The summed E-state index contributed by atoms with van der Waals surface area (Å²) in [7, 11) is -3.25. The van der Waals surface area contributed by atoms with Crippen LogP contribution in [0.25, 0.3) is 5.57 Å². The van der Waals surface area contributed by atoms with Crippen molar-refractivity contribution in [2.45, 2.75) is 51.5 Å². The van der Waals surface area contributed by atoms with Crippen molar-refractivity contribution in [3.63, 3.8) is 0 Å². The van der Waals surface area contributed by atoms with Crippen LogP contribution in [0.3, 0.4) is 0 Å². The van der Waals surface area contributed by atoms with Gasteiger partial charge in [0.1, 0.15) is 0 Å². The molecule has 0 spiro atoms. The van der Waals surface area contributed by atoms with Crippen molar-refractivity contribution in [2.24, 2.45) is 5.92 Å². The lowest BCUT2D eigenvalue weighted by Gasteiger charge is -2.37. The van der Waals surface area contributed by atoms with Crippen LogP contribution in [0.2, 0.25) is 0 Å². The molecule has 1 atom stereocenters. The number of allylic oxidation sites excluding steroid dienone is 3. The quantitative estimate of drug-likeness (QED) is 0.518. The Labute approximate surface area is 228 Å². The first kappa shape index (κ1) is 28.3. The molecule has 1 aliphatic heterocycles. The van der Waals surface area contributed by atoms with Gasteiger partial charge in [-0.25, -0.2) is 8.42 Å². The van der Waals surface area contributed by atoms with Crippen LogP contribution in [0, 0.1) is 12.8 Å². The highest BCUT2D eigenvalue weighted by Gasteiger charge is 2.23. The van der Waals surface area contributed by atoms with Gasteiger partial charge < -0.3 is 5.32 Å². The maximum atomic E-state index is 12.6. The van der Waals surface area contributed by atoms with Crippen molar-refractivity contribution in [1.29, 1.82) is 0 Å². The standard InChI is InChI=1S/C31H41N3O3S/c1-22(2)34-16-14-33(15-17-34)21-26-8-12-29(23(3)18-26)30-13-9-27(19-24(30)4)32-31(35)20-25-6-10-28(11-7-25)38(5,36)37/h6-13,19,22-23H,14-18,20-21H2,1-5H3,(H,32,35). The van der Waals surface area contributed by atoms with Gasteiger partial charge in [0.25, 0.3) is 0 Å². The molecule has 204 valence electrons. The van der Waals surface area contributed by atoms with Crippen LogP contribution in [-0.2, 0) is 21.1 Å². The number of hydrogen-bond donors (Lipinski definition) is 1. The van der Waals surface area contributed by atoms with Gasteiger partial charge >= 0.3 is 0 Å². The summed E-state index contributed by atoms with van der Waals surface area (Å²) in [6.45, 7) is 14.6. The van der Waals surface area contributed by atoms with Crippen LogP contribution in [0.1, 0.15) is 43.9 Å². The van der Waals surface area contributed by atoms with Gasteiger partial charge in [0.05, 0.1) is 11.3 Å².